The van der Waals surface area contributed by atoms with Gasteiger partial charge in [-0.25, -0.2) is 0 Å². The van der Waals surface area contributed by atoms with Crippen molar-refractivity contribution in [1.82, 2.24) is 20.4 Å². The number of nitrogens with one attached hydrogen (secondary N) is 2. The van der Waals surface area contributed by atoms with Gasteiger partial charge in [-0.2, -0.15) is 0 Å². The highest BCUT2D eigenvalue weighted by atomic mass is 127. The Hall–Kier alpha value is -0.0800. The minimum Gasteiger partial charge on any atom is -0.355 e. The Labute approximate surface area is 153 Å². The molecule has 0 aromatic rings. The monoisotopic (exact) mass is 423 g/mol. The van der Waals surface area contributed by atoms with Crippen molar-refractivity contribution in [2.75, 3.05) is 47.3 Å². The van der Waals surface area contributed by atoms with Crippen LogP contribution < -0.4 is 10.6 Å². The number of halogens is 1. The number of hydrogen-bond donors (Lipinski definition) is 2. The van der Waals surface area contributed by atoms with E-state index in [1.165, 1.54) is 32.2 Å². The minimum atomic E-state index is 0. The molecule has 1 aliphatic heterocycles. The topological polar surface area (TPSA) is 42.9 Å². The van der Waals surface area contributed by atoms with Crippen LogP contribution in [-0.4, -0.2) is 75.2 Å². The largest absolute Gasteiger partial charge is 0.355 e. The van der Waals surface area contributed by atoms with Crippen molar-refractivity contribution in [1.29, 1.82) is 0 Å². The van der Waals surface area contributed by atoms with Crippen molar-refractivity contribution >= 4 is 29.9 Å². The van der Waals surface area contributed by atoms with Crippen LogP contribution in [0.25, 0.3) is 0 Å². The minimum absolute atomic E-state index is 0. The van der Waals surface area contributed by atoms with Gasteiger partial charge in [-0.15, -0.1) is 24.0 Å². The lowest BCUT2D eigenvalue weighted by Crippen LogP contribution is -2.48. The maximum Gasteiger partial charge on any atom is 0.191 e. The van der Waals surface area contributed by atoms with Crippen molar-refractivity contribution in [3.63, 3.8) is 0 Å². The molecule has 2 aliphatic rings. The summed E-state index contributed by atoms with van der Waals surface area (Å²) in [6, 6.07) is 1.30. The molecular formula is C16H34IN5. The summed E-state index contributed by atoms with van der Waals surface area (Å²) in [6.07, 6.45) is 5.39. The first kappa shape index (κ1) is 20.0. The summed E-state index contributed by atoms with van der Waals surface area (Å²) < 4.78 is 0. The van der Waals surface area contributed by atoms with Gasteiger partial charge in [0.25, 0.3) is 0 Å². The molecule has 22 heavy (non-hydrogen) atoms. The van der Waals surface area contributed by atoms with Crippen molar-refractivity contribution in [2.24, 2.45) is 10.9 Å². The van der Waals surface area contributed by atoms with E-state index in [0.717, 1.165) is 31.5 Å². The Bertz CT molecular complexity index is 341. The Morgan fingerprint density at radius 2 is 2.00 bits per heavy atom. The molecule has 2 N–H and O–H groups in total. The van der Waals surface area contributed by atoms with Crippen LogP contribution in [0.3, 0.4) is 0 Å². The van der Waals surface area contributed by atoms with Crippen LogP contribution in [0.5, 0.6) is 0 Å². The van der Waals surface area contributed by atoms with Crippen molar-refractivity contribution < 1.29 is 0 Å². The fourth-order valence-corrected chi connectivity index (χ4v) is 3.43. The molecule has 5 nitrogen and oxygen atoms in total. The maximum absolute atomic E-state index is 4.37. The van der Waals surface area contributed by atoms with Gasteiger partial charge in [-0.05, 0) is 58.8 Å². The molecule has 0 aromatic heterocycles. The fraction of sp³-hybridized carbons (Fsp3) is 0.938. The summed E-state index contributed by atoms with van der Waals surface area (Å²) in [4.78, 5) is 9.27. The summed E-state index contributed by atoms with van der Waals surface area (Å²) in [5.74, 6) is 1.82. The molecule has 6 heteroatoms. The normalized spacial score (nSPS) is 24.2. The summed E-state index contributed by atoms with van der Waals surface area (Å²) >= 11 is 0. The van der Waals surface area contributed by atoms with Crippen LogP contribution in [0.4, 0.5) is 0 Å². The van der Waals surface area contributed by atoms with Gasteiger partial charge in [-0.3, -0.25) is 9.89 Å². The first-order valence-electron chi connectivity index (χ1n) is 8.50. The number of rotatable bonds is 7. The van der Waals surface area contributed by atoms with E-state index in [-0.39, 0.29) is 24.0 Å². The van der Waals surface area contributed by atoms with E-state index in [9.17, 15) is 0 Å². The van der Waals surface area contributed by atoms with E-state index in [1.807, 2.05) is 7.05 Å². The third kappa shape index (κ3) is 5.85. The quantitative estimate of drug-likeness (QED) is 0.371. The number of likely N-dealkylation sites (tertiary alicyclic amines) is 1. The van der Waals surface area contributed by atoms with Gasteiger partial charge < -0.3 is 15.5 Å². The van der Waals surface area contributed by atoms with E-state index in [1.54, 1.807) is 0 Å². The Morgan fingerprint density at radius 1 is 1.27 bits per heavy atom. The molecule has 1 saturated carbocycles. The van der Waals surface area contributed by atoms with Gasteiger partial charge in [0.05, 0.1) is 0 Å². The lowest BCUT2D eigenvalue weighted by atomic mass is 10.1. The van der Waals surface area contributed by atoms with Crippen LogP contribution >= 0.6 is 24.0 Å². The molecule has 2 rings (SSSR count). The first-order valence-corrected chi connectivity index (χ1v) is 8.50. The predicted octanol–water partition coefficient (Wildman–Crippen LogP) is 1.59. The van der Waals surface area contributed by atoms with Gasteiger partial charge in [-0.1, -0.05) is 6.92 Å². The van der Waals surface area contributed by atoms with Crippen molar-refractivity contribution in [3.8, 4) is 0 Å². The van der Waals surface area contributed by atoms with Gasteiger partial charge in [0.1, 0.15) is 0 Å². The number of nitrogens with zero attached hydrogens (tertiary/aromatic N) is 3. The highest BCUT2D eigenvalue weighted by Gasteiger charge is 2.32. The lowest BCUT2D eigenvalue weighted by molar-refractivity contribution is 0.260. The number of likely N-dealkylation sites (N-methyl/N-ethyl adjacent to an activating group) is 2. The van der Waals surface area contributed by atoms with E-state index >= 15 is 0 Å². The molecular weight excluding hydrogens is 389 g/mol. The standard InChI is InChI=1S/C16H33N5.HI/c1-5-21-10-6-7-14(21)11-18-16(17-2)19-12-15(20(3)4)13-8-9-13;/h13-15H,5-12H2,1-4H3,(H2,17,18,19);1H. The molecule has 1 aliphatic carbocycles. The summed E-state index contributed by atoms with van der Waals surface area (Å²) in [5, 5.41) is 7.02. The Kier molecular flexibility index (Phi) is 9.01. The zero-order chi connectivity index (χ0) is 15.2. The SMILES string of the molecule is CCN1CCCC1CNC(=NC)NCC(C1CC1)N(C)C.I. The van der Waals surface area contributed by atoms with Crippen LogP contribution in [0.15, 0.2) is 4.99 Å². The molecule has 1 heterocycles. The second kappa shape index (κ2) is 9.93. The highest BCUT2D eigenvalue weighted by Crippen LogP contribution is 2.34. The summed E-state index contributed by atoms with van der Waals surface area (Å²) in [7, 11) is 6.22. The third-order valence-corrected chi connectivity index (χ3v) is 4.94. The van der Waals surface area contributed by atoms with Gasteiger partial charge in [0.15, 0.2) is 5.96 Å². The van der Waals surface area contributed by atoms with Crippen LogP contribution in [0.2, 0.25) is 0 Å². The average Bonchev–Trinajstić information content (AvgIpc) is 3.20. The first-order chi connectivity index (χ1) is 10.2. The Morgan fingerprint density at radius 3 is 2.55 bits per heavy atom. The zero-order valence-electron chi connectivity index (χ0n) is 14.6. The molecule has 0 bridgehead atoms. The number of hydrogen-bond acceptors (Lipinski definition) is 3. The van der Waals surface area contributed by atoms with E-state index in [2.05, 4.69) is 46.4 Å². The molecule has 2 unspecified atom stereocenters. The molecule has 0 aromatic carbocycles. The van der Waals surface area contributed by atoms with E-state index in [4.69, 9.17) is 0 Å². The van der Waals surface area contributed by atoms with Crippen LogP contribution in [0.1, 0.15) is 32.6 Å². The van der Waals surface area contributed by atoms with Crippen LogP contribution in [-0.2, 0) is 0 Å². The number of guanidine groups is 1. The molecule has 2 atom stereocenters. The van der Waals surface area contributed by atoms with E-state index < -0.39 is 0 Å². The molecule has 0 spiro atoms. The summed E-state index contributed by atoms with van der Waals surface area (Å²) in [5.41, 5.74) is 0. The third-order valence-electron chi connectivity index (χ3n) is 4.94. The fourth-order valence-electron chi connectivity index (χ4n) is 3.43. The lowest BCUT2D eigenvalue weighted by Gasteiger charge is -2.27. The second-order valence-electron chi connectivity index (χ2n) is 6.63. The molecule has 0 radical (unpaired) electrons. The number of aliphatic imine (C=N–C) groups is 1. The van der Waals surface area contributed by atoms with Crippen LogP contribution in [0, 0.1) is 5.92 Å². The smallest absolute Gasteiger partial charge is 0.191 e. The molecule has 1 saturated heterocycles. The summed E-state index contributed by atoms with van der Waals surface area (Å²) in [6.45, 7) is 6.65. The van der Waals surface area contributed by atoms with E-state index in [0.29, 0.717) is 12.1 Å². The Balaban J connectivity index is 0.00000242. The van der Waals surface area contributed by atoms with Crippen molar-refractivity contribution in [3.05, 3.63) is 0 Å². The predicted molar refractivity (Wildman–Crippen MR) is 105 cm³/mol. The zero-order valence-corrected chi connectivity index (χ0v) is 17.0. The molecule has 2 fully saturated rings. The maximum atomic E-state index is 4.37. The second-order valence-corrected chi connectivity index (χ2v) is 6.63. The highest BCUT2D eigenvalue weighted by molar-refractivity contribution is 14.0. The molecule has 0 amide bonds. The average molecular weight is 423 g/mol. The van der Waals surface area contributed by atoms with Gasteiger partial charge in [0, 0.05) is 32.2 Å². The molecule has 130 valence electrons. The van der Waals surface area contributed by atoms with Gasteiger partial charge >= 0.3 is 0 Å². The van der Waals surface area contributed by atoms with Gasteiger partial charge in [0.2, 0.25) is 0 Å². The van der Waals surface area contributed by atoms with Crippen molar-refractivity contribution in [2.45, 2.75) is 44.7 Å².